The van der Waals surface area contributed by atoms with Gasteiger partial charge < -0.3 is 14.2 Å². The lowest BCUT2D eigenvalue weighted by atomic mass is 10.1. The van der Waals surface area contributed by atoms with Crippen molar-refractivity contribution in [3.05, 3.63) is 35.1 Å². The van der Waals surface area contributed by atoms with Crippen LogP contribution in [0.3, 0.4) is 0 Å². The molecule has 6 heteroatoms. The molecule has 1 aromatic rings. The molecule has 0 aliphatic carbocycles. The maximum absolute atomic E-state index is 14.0. The molecule has 0 atom stereocenters. The zero-order valence-corrected chi connectivity index (χ0v) is 13.7. The SMILES string of the molecule is CCCCOc1c(F)cc(/C=C(\OCC)C(=O)OCC)cc1F. The number of carbonyl (C=O) groups excluding carboxylic acids is 1. The zero-order chi connectivity index (χ0) is 17.2. The fraction of sp³-hybridized carbons (Fsp3) is 0.471. The molecule has 0 aliphatic heterocycles. The van der Waals surface area contributed by atoms with E-state index < -0.39 is 23.4 Å². The van der Waals surface area contributed by atoms with Gasteiger partial charge in [0.15, 0.2) is 17.4 Å². The van der Waals surface area contributed by atoms with Crippen LogP contribution in [0, 0.1) is 11.6 Å². The number of halogens is 2. The van der Waals surface area contributed by atoms with Crippen LogP contribution in [-0.4, -0.2) is 25.8 Å². The van der Waals surface area contributed by atoms with E-state index in [4.69, 9.17) is 14.2 Å². The number of benzene rings is 1. The van der Waals surface area contributed by atoms with Gasteiger partial charge in [0.1, 0.15) is 0 Å². The van der Waals surface area contributed by atoms with E-state index in [0.29, 0.717) is 6.42 Å². The Morgan fingerprint density at radius 1 is 1.09 bits per heavy atom. The Bertz CT molecular complexity index is 533. The van der Waals surface area contributed by atoms with Crippen molar-refractivity contribution in [2.24, 2.45) is 0 Å². The summed E-state index contributed by atoms with van der Waals surface area (Å²) in [4.78, 5) is 11.7. The lowest BCUT2D eigenvalue weighted by molar-refractivity contribution is -0.142. The molecule has 0 saturated carbocycles. The fourth-order valence-corrected chi connectivity index (χ4v) is 1.79. The third-order valence-corrected chi connectivity index (χ3v) is 2.84. The van der Waals surface area contributed by atoms with Gasteiger partial charge in [-0.1, -0.05) is 13.3 Å². The van der Waals surface area contributed by atoms with Gasteiger partial charge in [0.25, 0.3) is 0 Å². The van der Waals surface area contributed by atoms with Gasteiger partial charge in [0.05, 0.1) is 19.8 Å². The summed E-state index contributed by atoms with van der Waals surface area (Å²) in [6.45, 7) is 5.95. The summed E-state index contributed by atoms with van der Waals surface area (Å²) in [6.07, 6.45) is 2.81. The van der Waals surface area contributed by atoms with Gasteiger partial charge in [-0.15, -0.1) is 0 Å². The van der Waals surface area contributed by atoms with Crippen molar-refractivity contribution in [3.63, 3.8) is 0 Å². The molecule has 23 heavy (non-hydrogen) atoms. The van der Waals surface area contributed by atoms with Crippen LogP contribution in [0.15, 0.2) is 17.9 Å². The van der Waals surface area contributed by atoms with Crippen molar-refractivity contribution in [2.75, 3.05) is 19.8 Å². The maximum atomic E-state index is 14.0. The molecule has 0 bridgehead atoms. The van der Waals surface area contributed by atoms with E-state index in [9.17, 15) is 13.6 Å². The maximum Gasteiger partial charge on any atom is 0.373 e. The Morgan fingerprint density at radius 2 is 1.70 bits per heavy atom. The normalized spacial score (nSPS) is 11.3. The Kier molecular flexibility index (Phi) is 8.08. The number of rotatable bonds is 9. The second-order valence-electron chi connectivity index (χ2n) is 4.68. The van der Waals surface area contributed by atoms with E-state index in [0.717, 1.165) is 18.6 Å². The standard InChI is InChI=1S/C17H22F2O4/c1-4-7-8-23-16-13(18)9-12(10-14(16)19)11-15(21-5-2)17(20)22-6-3/h9-11H,4-8H2,1-3H3/b15-11-. The third kappa shape index (κ3) is 5.88. The van der Waals surface area contributed by atoms with Gasteiger partial charge >= 0.3 is 5.97 Å². The van der Waals surface area contributed by atoms with Crippen LogP contribution in [0.25, 0.3) is 6.08 Å². The van der Waals surface area contributed by atoms with Crippen LogP contribution in [-0.2, 0) is 14.3 Å². The number of ether oxygens (including phenoxy) is 3. The minimum absolute atomic E-state index is 0.104. The molecule has 0 radical (unpaired) electrons. The van der Waals surface area contributed by atoms with E-state index in [1.807, 2.05) is 6.92 Å². The predicted molar refractivity (Wildman–Crippen MR) is 83.0 cm³/mol. The van der Waals surface area contributed by atoms with E-state index in [-0.39, 0.29) is 31.1 Å². The van der Waals surface area contributed by atoms with Crippen molar-refractivity contribution >= 4 is 12.0 Å². The summed E-state index contributed by atoms with van der Waals surface area (Å²) in [6, 6.07) is 2.17. The van der Waals surface area contributed by atoms with Crippen LogP contribution in [0.5, 0.6) is 5.75 Å². The lowest BCUT2D eigenvalue weighted by Crippen LogP contribution is -2.10. The minimum atomic E-state index is -0.827. The fourth-order valence-electron chi connectivity index (χ4n) is 1.79. The van der Waals surface area contributed by atoms with Crippen molar-refractivity contribution in [3.8, 4) is 5.75 Å². The molecular weight excluding hydrogens is 306 g/mol. The predicted octanol–water partition coefficient (Wildman–Crippen LogP) is 4.08. The molecular formula is C17H22F2O4. The summed E-state index contributed by atoms with van der Waals surface area (Å²) in [5.74, 6) is -2.85. The molecule has 0 aromatic heterocycles. The van der Waals surface area contributed by atoms with Crippen LogP contribution in [0.4, 0.5) is 8.78 Å². The Morgan fingerprint density at radius 3 is 2.22 bits per heavy atom. The summed E-state index contributed by atoms with van der Waals surface area (Å²) < 4.78 is 43.0. The minimum Gasteiger partial charge on any atom is -0.488 e. The third-order valence-electron chi connectivity index (χ3n) is 2.84. The topological polar surface area (TPSA) is 44.8 Å². The van der Waals surface area contributed by atoms with E-state index in [1.54, 1.807) is 13.8 Å². The summed E-state index contributed by atoms with van der Waals surface area (Å²) in [5.41, 5.74) is 0.152. The number of esters is 1. The first kappa shape index (κ1) is 18.9. The Hall–Kier alpha value is -2.11. The van der Waals surface area contributed by atoms with E-state index in [1.165, 1.54) is 6.08 Å². The first-order valence-corrected chi connectivity index (χ1v) is 7.66. The van der Waals surface area contributed by atoms with Gasteiger partial charge in [0.2, 0.25) is 5.76 Å². The van der Waals surface area contributed by atoms with Crippen molar-refractivity contribution < 1.29 is 27.8 Å². The van der Waals surface area contributed by atoms with Gasteiger partial charge in [-0.3, -0.25) is 0 Å². The van der Waals surface area contributed by atoms with Crippen LogP contribution >= 0.6 is 0 Å². The molecule has 1 rings (SSSR count). The summed E-state index contributed by atoms with van der Waals surface area (Å²) in [7, 11) is 0. The smallest absolute Gasteiger partial charge is 0.373 e. The van der Waals surface area contributed by atoms with Crippen LogP contribution in [0.2, 0.25) is 0 Å². The first-order valence-electron chi connectivity index (χ1n) is 7.66. The molecule has 0 fully saturated rings. The molecule has 1 aromatic carbocycles. The molecule has 0 N–H and O–H groups in total. The highest BCUT2D eigenvalue weighted by Gasteiger charge is 2.15. The average Bonchev–Trinajstić information content (AvgIpc) is 2.50. The molecule has 0 spiro atoms. The number of unbranched alkanes of at least 4 members (excludes halogenated alkanes) is 1. The highest BCUT2D eigenvalue weighted by molar-refractivity contribution is 5.91. The number of hydrogen-bond acceptors (Lipinski definition) is 4. The highest BCUT2D eigenvalue weighted by atomic mass is 19.1. The van der Waals surface area contributed by atoms with Gasteiger partial charge in [-0.2, -0.15) is 0 Å². The molecule has 0 aliphatic rings. The largest absolute Gasteiger partial charge is 0.488 e. The summed E-state index contributed by atoms with van der Waals surface area (Å²) in [5, 5.41) is 0. The molecule has 0 saturated heterocycles. The van der Waals surface area contributed by atoms with Gasteiger partial charge in [-0.05, 0) is 44.0 Å². The van der Waals surface area contributed by atoms with Gasteiger partial charge in [-0.25, -0.2) is 13.6 Å². The second kappa shape index (κ2) is 9.82. The number of carbonyl (C=O) groups is 1. The Labute approximate surface area is 135 Å². The zero-order valence-electron chi connectivity index (χ0n) is 13.7. The summed E-state index contributed by atoms with van der Waals surface area (Å²) >= 11 is 0. The van der Waals surface area contributed by atoms with Crippen molar-refractivity contribution in [2.45, 2.75) is 33.6 Å². The highest BCUT2D eigenvalue weighted by Crippen LogP contribution is 2.25. The first-order chi connectivity index (χ1) is 11.0. The second-order valence-corrected chi connectivity index (χ2v) is 4.68. The van der Waals surface area contributed by atoms with E-state index in [2.05, 4.69) is 0 Å². The average molecular weight is 328 g/mol. The molecule has 0 heterocycles. The monoisotopic (exact) mass is 328 g/mol. The molecule has 128 valence electrons. The van der Waals surface area contributed by atoms with Gasteiger partial charge in [0, 0.05) is 0 Å². The van der Waals surface area contributed by atoms with Crippen molar-refractivity contribution in [1.82, 2.24) is 0 Å². The molecule has 0 amide bonds. The Balaban J connectivity index is 3.02. The molecule has 0 unspecified atom stereocenters. The quantitative estimate of drug-likeness (QED) is 0.296. The van der Waals surface area contributed by atoms with E-state index >= 15 is 0 Å². The van der Waals surface area contributed by atoms with Crippen LogP contribution in [0.1, 0.15) is 39.2 Å². The lowest BCUT2D eigenvalue weighted by Gasteiger charge is -2.10. The van der Waals surface area contributed by atoms with Crippen molar-refractivity contribution in [1.29, 1.82) is 0 Å². The molecule has 4 nitrogen and oxygen atoms in total. The van der Waals surface area contributed by atoms with Crippen LogP contribution < -0.4 is 4.74 Å². The number of hydrogen-bond donors (Lipinski definition) is 0.